The lowest BCUT2D eigenvalue weighted by Crippen LogP contribution is -2.17. The van der Waals surface area contributed by atoms with Crippen LogP contribution in [0.2, 0.25) is 0 Å². The zero-order valence-electron chi connectivity index (χ0n) is 9.70. The van der Waals surface area contributed by atoms with Crippen molar-refractivity contribution in [3.63, 3.8) is 0 Å². The maximum absolute atomic E-state index is 10.6. The number of aromatic amines is 1. The molecule has 0 aliphatic heterocycles. The van der Waals surface area contributed by atoms with E-state index >= 15 is 0 Å². The van der Waals surface area contributed by atoms with Gasteiger partial charge in [0.25, 0.3) is 0 Å². The smallest absolute Gasteiger partial charge is 0.341 e. The molecule has 1 unspecified atom stereocenters. The Morgan fingerprint density at radius 2 is 2.28 bits per heavy atom. The molecular weight excluding hydrogens is 257 g/mol. The van der Waals surface area contributed by atoms with Crippen LogP contribution in [0.15, 0.2) is 18.2 Å². The third kappa shape index (κ3) is 3.16. The average molecular weight is 271 g/mol. The highest BCUT2D eigenvalue weighted by atomic mass is 31.2. The summed E-state index contributed by atoms with van der Waals surface area (Å²) in [6.07, 6.45) is 0. The van der Waals surface area contributed by atoms with Gasteiger partial charge in [0, 0.05) is 0 Å². The number of H-pyrrole nitrogens is 1. The minimum absolute atomic E-state index is 0.302. The van der Waals surface area contributed by atoms with Crippen molar-refractivity contribution in [1.82, 2.24) is 9.97 Å². The van der Waals surface area contributed by atoms with E-state index in [9.17, 15) is 4.57 Å². The van der Waals surface area contributed by atoms with Gasteiger partial charge in [-0.1, -0.05) is 6.07 Å². The maximum Gasteiger partial charge on any atom is 0.469 e. The van der Waals surface area contributed by atoms with Crippen molar-refractivity contribution >= 4 is 18.9 Å². The Morgan fingerprint density at radius 3 is 2.94 bits per heavy atom. The van der Waals surface area contributed by atoms with Crippen LogP contribution in [-0.4, -0.2) is 26.4 Å². The van der Waals surface area contributed by atoms with E-state index in [1.165, 1.54) is 0 Å². The molecule has 1 atom stereocenters. The topological polar surface area (TPSA) is 121 Å². The fourth-order valence-corrected chi connectivity index (χ4v) is 1.93. The van der Waals surface area contributed by atoms with E-state index in [0.717, 1.165) is 16.6 Å². The Hall–Kier alpha value is -1.24. The van der Waals surface area contributed by atoms with Crippen LogP contribution in [0.3, 0.4) is 0 Å². The molecule has 0 saturated carbocycles. The second-order valence-electron chi connectivity index (χ2n) is 4.04. The Morgan fingerprint density at radius 1 is 1.56 bits per heavy atom. The normalized spacial score (nSPS) is 14.0. The van der Waals surface area contributed by atoms with E-state index in [1.54, 1.807) is 0 Å². The van der Waals surface area contributed by atoms with Gasteiger partial charge >= 0.3 is 7.82 Å². The third-order valence-corrected chi connectivity index (χ3v) is 2.91. The molecule has 98 valence electrons. The fourth-order valence-electron chi connectivity index (χ4n) is 1.58. The summed E-state index contributed by atoms with van der Waals surface area (Å²) in [5.74, 6) is 0.434. The molecule has 18 heavy (non-hydrogen) atoms. The summed E-state index contributed by atoms with van der Waals surface area (Å²) in [6, 6.07) is 4.97. The van der Waals surface area contributed by atoms with Gasteiger partial charge in [0.2, 0.25) is 0 Å². The van der Waals surface area contributed by atoms with Crippen molar-refractivity contribution < 1.29 is 18.9 Å². The molecule has 7 nitrogen and oxygen atoms in total. The fraction of sp³-hybridized carbons (Fsp3) is 0.300. The van der Waals surface area contributed by atoms with Gasteiger partial charge in [-0.15, -0.1) is 0 Å². The van der Waals surface area contributed by atoms with Crippen LogP contribution in [0.4, 0.5) is 0 Å². The quantitative estimate of drug-likeness (QED) is 0.615. The highest BCUT2D eigenvalue weighted by molar-refractivity contribution is 7.46. The lowest BCUT2D eigenvalue weighted by Gasteiger charge is -2.09. The third-order valence-electron chi connectivity index (χ3n) is 2.43. The van der Waals surface area contributed by atoms with E-state index in [1.807, 2.05) is 25.1 Å². The van der Waals surface area contributed by atoms with E-state index in [-0.39, 0.29) is 6.61 Å². The number of phosphoric acid groups is 1. The lowest BCUT2D eigenvalue weighted by molar-refractivity contribution is 0.185. The average Bonchev–Trinajstić information content (AvgIpc) is 2.67. The van der Waals surface area contributed by atoms with Crippen LogP contribution in [0.25, 0.3) is 11.0 Å². The first-order valence-electron chi connectivity index (χ1n) is 5.27. The highest BCUT2D eigenvalue weighted by Crippen LogP contribution is 2.36. The van der Waals surface area contributed by atoms with Crippen LogP contribution in [0.5, 0.6) is 0 Å². The summed E-state index contributed by atoms with van der Waals surface area (Å²) in [7, 11) is -4.50. The minimum Gasteiger partial charge on any atom is -0.341 e. The number of phosphoric ester groups is 1. The summed E-state index contributed by atoms with van der Waals surface area (Å²) in [6.45, 7) is 1.65. The van der Waals surface area contributed by atoms with Crippen molar-refractivity contribution in [3.8, 4) is 0 Å². The Balaban J connectivity index is 2.18. The van der Waals surface area contributed by atoms with E-state index < -0.39 is 13.9 Å². The number of nitrogens with two attached hydrogens (primary N) is 1. The van der Waals surface area contributed by atoms with E-state index in [0.29, 0.717) is 5.82 Å². The molecule has 0 spiro atoms. The predicted octanol–water partition coefficient (Wildman–Crippen LogP) is 0.980. The Labute approximate surface area is 103 Å². The highest BCUT2D eigenvalue weighted by Gasteiger charge is 2.19. The van der Waals surface area contributed by atoms with Gasteiger partial charge in [-0.05, 0) is 24.6 Å². The van der Waals surface area contributed by atoms with Crippen LogP contribution in [0.1, 0.15) is 17.4 Å². The summed E-state index contributed by atoms with van der Waals surface area (Å²) in [5, 5.41) is 0. The molecule has 0 bridgehead atoms. The number of benzene rings is 1. The molecular formula is C10H14N3O4P. The molecule has 1 heterocycles. The van der Waals surface area contributed by atoms with Crippen LogP contribution in [-0.2, 0) is 9.09 Å². The van der Waals surface area contributed by atoms with Crippen LogP contribution in [0, 0.1) is 6.92 Å². The largest absolute Gasteiger partial charge is 0.469 e. The predicted molar refractivity (Wildman–Crippen MR) is 65.8 cm³/mol. The van der Waals surface area contributed by atoms with Crippen LogP contribution < -0.4 is 5.73 Å². The zero-order valence-corrected chi connectivity index (χ0v) is 10.6. The molecule has 2 rings (SSSR count). The number of hydrogen-bond donors (Lipinski definition) is 4. The summed E-state index contributed by atoms with van der Waals surface area (Å²) in [4.78, 5) is 24.4. The number of imidazole rings is 1. The maximum atomic E-state index is 10.6. The standard InChI is InChI=1S/C10H14N3O4P/c1-6-2-3-8-9(4-6)13-10(12-8)7(11)5-17-18(14,15)16/h2-4,7H,5,11H2,1H3,(H,12,13)(H2,14,15,16). The number of aryl methyl sites for hydroxylation is 1. The molecule has 5 N–H and O–H groups in total. The van der Waals surface area contributed by atoms with Gasteiger partial charge in [-0.25, -0.2) is 9.55 Å². The Bertz CT molecular complexity index is 606. The van der Waals surface area contributed by atoms with Gasteiger partial charge in [-0.3, -0.25) is 4.52 Å². The van der Waals surface area contributed by atoms with Crippen LogP contribution >= 0.6 is 7.82 Å². The number of nitrogens with zero attached hydrogens (tertiary/aromatic N) is 1. The van der Waals surface area contributed by atoms with Gasteiger partial charge in [0.1, 0.15) is 5.82 Å². The van der Waals surface area contributed by atoms with E-state index in [4.69, 9.17) is 15.5 Å². The summed E-state index contributed by atoms with van der Waals surface area (Å²) >= 11 is 0. The molecule has 0 radical (unpaired) electrons. The molecule has 0 saturated heterocycles. The van der Waals surface area contributed by atoms with Crippen molar-refractivity contribution in [1.29, 1.82) is 0 Å². The molecule has 1 aromatic heterocycles. The van der Waals surface area contributed by atoms with Crippen molar-refractivity contribution in [2.45, 2.75) is 13.0 Å². The number of nitrogens with one attached hydrogen (secondary N) is 1. The summed E-state index contributed by atoms with van der Waals surface area (Å²) in [5.41, 5.74) is 8.41. The second-order valence-corrected chi connectivity index (χ2v) is 5.27. The molecule has 0 fully saturated rings. The lowest BCUT2D eigenvalue weighted by atomic mass is 10.2. The number of hydrogen-bond acceptors (Lipinski definition) is 4. The van der Waals surface area contributed by atoms with Gasteiger partial charge in [0.05, 0.1) is 23.7 Å². The van der Waals surface area contributed by atoms with E-state index in [2.05, 4.69) is 14.5 Å². The molecule has 2 aromatic rings. The van der Waals surface area contributed by atoms with Crippen molar-refractivity contribution in [2.75, 3.05) is 6.61 Å². The Kier molecular flexibility index (Phi) is 3.52. The minimum atomic E-state index is -4.50. The SMILES string of the molecule is Cc1ccc2nc(C(N)COP(=O)(O)O)[nH]c2c1. The molecule has 1 aromatic carbocycles. The number of fused-ring (bicyclic) bond motifs is 1. The molecule has 0 aliphatic rings. The van der Waals surface area contributed by atoms with Crippen molar-refractivity contribution in [3.05, 3.63) is 29.6 Å². The first-order chi connectivity index (χ1) is 8.35. The van der Waals surface area contributed by atoms with Crippen molar-refractivity contribution in [2.24, 2.45) is 5.73 Å². The molecule has 0 amide bonds. The van der Waals surface area contributed by atoms with Gasteiger partial charge < -0.3 is 20.5 Å². The zero-order chi connectivity index (χ0) is 13.3. The molecule has 0 aliphatic carbocycles. The van der Waals surface area contributed by atoms with Gasteiger partial charge in [0.15, 0.2) is 0 Å². The monoisotopic (exact) mass is 271 g/mol. The number of rotatable bonds is 4. The summed E-state index contributed by atoms with van der Waals surface area (Å²) < 4.78 is 14.9. The molecule has 8 heteroatoms. The second kappa shape index (κ2) is 4.79. The first-order valence-corrected chi connectivity index (χ1v) is 6.80. The van der Waals surface area contributed by atoms with Gasteiger partial charge in [-0.2, -0.15) is 0 Å². The number of aromatic nitrogens is 2. The first kappa shape index (κ1) is 13.2.